The number of fused-ring (bicyclic) bond motifs is 3. The number of phenols is 1. The molecule has 1 atom stereocenters. The molecule has 9 heteroatoms. The van der Waals surface area contributed by atoms with E-state index in [1.54, 1.807) is 16.7 Å². The molecular formula is C27H18IN3O4S. The number of nitro groups is 1. The van der Waals surface area contributed by atoms with Crippen LogP contribution >= 0.6 is 33.9 Å². The van der Waals surface area contributed by atoms with Crippen LogP contribution in [0.15, 0.2) is 82.1 Å². The van der Waals surface area contributed by atoms with E-state index in [1.807, 2.05) is 65.1 Å². The molecule has 2 heterocycles. The molecule has 4 aromatic rings. The number of rotatable bonds is 3. The van der Waals surface area contributed by atoms with Gasteiger partial charge in [-0.2, -0.15) is 0 Å². The second-order valence-electron chi connectivity index (χ2n) is 8.65. The molecule has 0 spiro atoms. The van der Waals surface area contributed by atoms with Crippen LogP contribution in [-0.4, -0.2) is 14.6 Å². The summed E-state index contributed by atoms with van der Waals surface area (Å²) in [5.74, 6) is -0.380. The smallest absolute Gasteiger partial charge is 0.312 e. The van der Waals surface area contributed by atoms with Gasteiger partial charge >= 0.3 is 5.69 Å². The van der Waals surface area contributed by atoms with E-state index in [4.69, 9.17) is 4.99 Å². The maximum atomic E-state index is 13.8. The fourth-order valence-corrected chi connectivity index (χ4v) is 6.57. The number of phenolic OH excluding ortho intramolecular Hbond substituents is 1. The highest BCUT2D eigenvalue weighted by molar-refractivity contribution is 14.1. The summed E-state index contributed by atoms with van der Waals surface area (Å²) >= 11 is 3.12. The zero-order valence-corrected chi connectivity index (χ0v) is 21.7. The first-order chi connectivity index (χ1) is 17.4. The Labute approximate surface area is 222 Å². The van der Waals surface area contributed by atoms with Crippen LogP contribution < -0.4 is 14.9 Å². The van der Waals surface area contributed by atoms with Crippen molar-refractivity contribution in [1.82, 2.24) is 4.57 Å². The maximum Gasteiger partial charge on any atom is 0.312 e. The minimum Gasteiger partial charge on any atom is -0.501 e. The molecule has 0 unspecified atom stereocenters. The number of thiazole rings is 1. The molecule has 0 bridgehead atoms. The average Bonchev–Trinajstić information content (AvgIpc) is 3.19. The number of benzene rings is 3. The number of hydrogen-bond acceptors (Lipinski definition) is 6. The largest absolute Gasteiger partial charge is 0.501 e. The first-order valence-corrected chi connectivity index (χ1v) is 13.2. The zero-order valence-electron chi connectivity index (χ0n) is 18.7. The lowest BCUT2D eigenvalue weighted by atomic mass is 9.83. The fraction of sp³-hybridized carbons (Fsp3) is 0.111. The van der Waals surface area contributed by atoms with Gasteiger partial charge in [-0.3, -0.25) is 19.5 Å². The van der Waals surface area contributed by atoms with Crippen LogP contribution in [0.5, 0.6) is 5.75 Å². The minimum absolute atomic E-state index is 0.191. The van der Waals surface area contributed by atoms with Crippen molar-refractivity contribution in [3.63, 3.8) is 0 Å². The lowest BCUT2D eigenvalue weighted by molar-refractivity contribution is -0.386. The Balaban J connectivity index is 1.61. The van der Waals surface area contributed by atoms with Crippen molar-refractivity contribution >= 4 is 51.4 Å². The normalized spacial score (nSPS) is 16.7. The monoisotopic (exact) mass is 607 g/mol. The summed E-state index contributed by atoms with van der Waals surface area (Å²) in [6, 6.07) is 20.9. The van der Waals surface area contributed by atoms with Gasteiger partial charge in [-0.25, -0.2) is 4.99 Å². The molecule has 36 heavy (non-hydrogen) atoms. The molecule has 1 N–H and O–H groups in total. The molecule has 1 aliphatic carbocycles. The second kappa shape index (κ2) is 8.82. The van der Waals surface area contributed by atoms with Gasteiger partial charge in [-0.1, -0.05) is 65.9 Å². The summed E-state index contributed by atoms with van der Waals surface area (Å²) in [6.45, 7) is 0. The van der Waals surface area contributed by atoms with E-state index in [-0.39, 0.29) is 17.4 Å². The third-order valence-corrected chi connectivity index (χ3v) is 8.35. The molecule has 0 fully saturated rings. The number of halogens is 1. The predicted molar refractivity (Wildman–Crippen MR) is 147 cm³/mol. The van der Waals surface area contributed by atoms with Gasteiger partial charge in [0.2, 0.25) is 5.75 Å². The topological polar surface area (TPSA) is 97.7 Å². The Morgan fingerprint density at radius 3 is 2.64 bits per heavy atom. The number of aromatic nitrogens is 1. The van der Waals surface area contributed by atoms with Crippen LogP contribution in [0, 0.1) is 13.7 Å². The van der Waals surface area contributed by atoms with E-state index in [2.05, 4.69) is 12.1 Å². The average molecular weight is 607 g/mol. The molecule has 0 saturated heterocycles. The van der Waals surface area contributed by atoms with Gasteiger partial charge in [0.1, 0.15) is 0 Å². The van der Waals surface area contributed by atoms with Crippen molar-refractivity contribution in [2.45, 2.75) is 18.9 Å². The number of aromatic hydroxyl groups is 1. The summed E-state index contributed by atoms with van der Waals surface area (Å²) in [5.41, 5.74) is 5.29. The Bertz CT molecular complexity index is 1770. The van der Waals surface area contributed by atoms with Crippen molar-refractivity contribution in [2.75, 3.05) is 0 Å². The number of aryl methyl sites for hydroxylation is 1. The van der Waals surface area contributed by atoms with Gasteiger partial charge < -0.3 is 5.11 Å². The first kappa shape index (κ1) is 22.9. The van der Waals surface area contributed by atoms with Crippen molar-refractivity contribution in [2.24, 2.45) is 4.99 Å². The molecule has 2 aliphatic rings. The number of allylic oxidation sites excluding steroid dienone is 1. The summed E-state index contributed by atoms with van der Waals surface area (Å²) in [6.07, 6.45) is 3.33. The van der Waals surface area contributed by atoms with E-state index >= 15 is 0 Å². The van der Waals surface area contributed by atoms with Crippen molar-refractivity contribution in [1.29, 1.82) is 0 Å². The summed E-state index contributed by atoms with van der Waals surface area (Å²) in [5, 5.41) is 21.5. The van der Waals surface area contributed by atoms with Crippen molar-refractivity contribution in [3.05, 3.63) is 128 Å². The summed E-state index contributed by atoms with van der Waals surface area (Å²) in [4.78, 5) is 30.1. The molecule has 0 amide bonds. The van der Waals surface area contributed by atoms with Gasteiger partial charge in [0.25, 0.3) is 5.56 Å². The van der Waals surface area contributed by atoms with E-state index in [0.29, 0.717) is 18.5 Å². The lowest BCUT2D eigenvalue weighted by Gasteiger charge is -2.30. The second-order valence-corrected chi connectivity index (χ2v) is 10.8. The molecule has 6 rings (SSSR count). The Hall–Kier alpha value is -3.57. The molecule has 0 saturated carbocycles. The number of nitrogens with zero attached hydrogens (tertiary/aromatic N) is 3. The van der Waals surface area contributed by atoms with Crippen LogP contribution in [0.1, 0.15) is 34.7 Å². The molecule has 1 aromatic heterocycles. The first-order valence-electron chi connectivity index (χ1n) is 11.3. The van der Waals surface area contributed by atoms with E-state index in [9.17, 15) is 20.0 Å². The van der Waals surface area contributed by atoms with Gasteiger partial charge in [0, 0.05) is 11.6 Å². The van der Waals surface area contributed by atoms with Crippen LogP contribution in [-0.2, 0) is 6.42 Å². The van der Waals surface area contributed by atoms with Gasteiger partial charge in [0.05, 0.1) is 24.8 Å². The molecular weight excluding hydrogens is 589 g/mol. The fourth-order valence-electron chi connectivity index (χ4n) is 4.94. The van der Waals surface area contributed by atoms with Crippen molar-refractivity contribution in [3.8, 4) is 5.75 Å². The molecule has 1 aliphatic heterocycles. The zero-order chi connectivity index (χ0) is 25.0. The minimum atomic E-state index is -0.628. The van der Waals surface area contributed by atoms with Gasteiger partial charge in [-0.15, -0.1) is 0 Å². The number of nitro benzene ring substituents is 1. The Morgan fingerprint density at radius 1 is 1.11 bits per heavy atom. The Morgan fingerprint density at radius 2 is 1.86 bits per heavy atom. The van der Waals surface area contributed by atoms with Gasteiger partial charge in [-0.05, 0) is 69.8 Å². The molecule has 3 aromatic carbocycles. The van der Waals surface area contributed by atoms with E-state index < -0.39 is 10.6 Å². The van der Waals surface area contributed by atoms with Crippen LogP contribution in [0.2, 0.25) is 0 Å². The highest BCUT2D eigenvalue weighted by atomic mass is 127. The highest BCUT2D eigenvalue weighted by Crippen LogP contribution is 2.41. The Kier molecular flexibility index (Phi) is 5.60. The number of hydrogen-bond donors (Lipinski definition) is 1. The van der Waals surface area contributed by atoms with Crippen LogP contribution in [0.25, 0.3) is 11.8 Å². The quantitative estimate of drug-likeness (QED) is 0.210. The van der Waals surface area contributed by atoms with E-state index in [1.165, 1.54) is 23.0 Å². The standard InChI is InChI=1S/C27H18IN3O4S/c28-20-12-15(13-21(25(20)32)31(34)35)14-22-26(33)30-24(17-7-2-1-3-8-17)19-11-10-16-6-4-5-9-18(16)23(19)29-27(30)36-22/h1-9,12-14,24,32H,10-11H2/b22-14+/t24-/m0/s1. The van der Waals surface area contributed by atoms with Crippen molar-refractivity contribution < 1.29 is 10.0 Å². The van der Waals surface area contributed by atoms with Crippen LogP contribution in [0.3, 0.4) is 0 Å². The maximum absolute atomic E-state index is 13.8. The molecule has 0 radical (unpaired) electrons. The predicted octanol–water partition coefficient (Wildman–Crippen LogP) is 4.54. The van der Waals surface area contributed by atoms with E-state index in [0.717, 1.165) is 35.2 Å². The van der Waals surface area contributed by atoms with Gasteiger partial charge in [0.15, 0.2) is 4.80 Å². The molecule has 7 nitrogen and oxygen atoms in total. The third-order valence-electron chi connectivity index (χ3n) is 6.55. The summed E-state index contributed by atoms with van der Waals surface area (Å²) < 4.78 is 2.52. The lowest BCUT2D eigenvalue weighted by Crippen LogP contribution is -2.38. The third kappa shape index (κ3) is 3.70. The highest BCUT2D eigenvalue weighted by Gasteiger charge is 2.32. The summed E-state index contributed by atoms with van der Waals surface area (Å²) in [7, 11) is 0. The SMILES string of the molecule is O=c1/c(=C\c2cc(I)c(O)c([N+](=O)[O-])c2)sc2n1[C@@H](c1ccccc1)C1=C(N=2)c2ccccc2CC1. The molecule has 178 valence electrons. The van der Waals surface area contributed by atoms with Crippen LogP contribution in [0.4, 0.5) is 5.69 Å².